The second kappa shape index (κ2) is 13.1. The smallest absolute Gasteiger partial charge is 0.387 e. The van der Waals surface area contributed by atoms with Crippen LogP contribution in [0.5, 0.6) is 0 Å². The second-order valence-corrected chi connectivity index (χ2v) is 15.4. The Labute approximate surface area is 274 Å². The molecule has 2 aromatic heterocycles. The van der Waals surface area contributed by atoms with E-state index in [4.69, 9.17) is 34.5 Å². The van der Waals surface area contributed by atoms with Crippen LogP contribution < -0.4 is 20.9 Å². The van der Waals surface area contributed by atoms with E-state index in [1.165, 1.54) is 40.0 Å². The maximum absolute atomic E-state index is 12.6. The molecule has 0 saturated carbocycles. The number of anilines is 1. The second-order valence-electron chi connectivity index (χ2n) is 11.1. The summed E-state index contributed by atoms with van der Waals surface area (Å²) in [6.07, 6.45) is -9.39. The molecule has 6 heterocycles. The number of aliphatic hydroxyl groups is 3. The van der Waals surface area contributed by atoms with Crippen LogP contribution in [-0.2, 0) is 41.1 Å². The van der Waals surface area contributed by atoms with Crippen molar-refractivity contribution in [2.75, 3.05) is 24.7 Å². The number of hydrogen-bond donors (Lipinski definition) is 9. The molecular formula is C22H31N7O17P3+. The Morgan fingerprint density at radius 3 is 2.31 bits per heavy atom. The fraction of sp³-hybridized carbons (Fsp3) is 0.545. The molecule has 270 valence electrons. The molecule has 2 unspecified atom stereocenters. The normalized spacial score (nSPS) is 33.3. The van der Waals surface area contributed by atoms with E-state index < -0.39 is 91.7 Å². The number of ether oxygens (including phenoxy) is 2. The van der Waals surface area contributed by atoms with Gasteiger partial charge in [-0.15, -0.1) is 0 Å². The van der Waals surface area contributed by atoms with Gasteiger partial charge in [-0.2, -0.15) is 8.88 Å². The van der Waals surface area contributed by atoms with Gasteiger partial charge in [0.05, 0.1) is 26.1 Å². The van der Waals surface area contributed by atoms with Gasteiger partial charge in [-0.3, -0.25) is 22.9 Å². The fourth-order valence-electron chi connectivity index (χ4n) is 5.47. The van der Waals surface area contributed by atoms with Gasteiger partial charge in [0.2, 0.25) is 0 Å². The Balaban J connectivity index is 1.08. The van der Waals surface area contributed by atoms with Gasteiger partial charge in [-0.25, -0.2) is 23.7 Å². The van der Waals surface area contributed by atoms with Crippen molar-refractivity contribution in [1.29, 1.82) is 0 Å². The van der Waals surface area contributed by atoms with Crippen LogP contribution in [0.15, 0.2) is 35.8 Å². The molecule has 3 fully saturated rings. The van der Waals surface area contributed by atoms with E-state index in [9.17, 15) is 53.4 Å². The lowest BCUT2D eigenvalue weighted by molar-refractivity contribution is -0.765. The van der Waals surface area contributed by atoms with E-state index >= 15 is 0 Å². The van der Waals surface area contributed by atoms with Crippen LogP contribution in [-0.4, -0.2) is 119 Å². The van der Waals surface area contributed by atoms with Gasteiger partial charge in [0.25, 0.3) is 12.1 Å². The molecule has 4 aliphatic rings. The number of carbonyl (C=O) groups excluding carboxylic acids is 1. The highest BCUT2D eigenvalue weighted by Crippen LogP contribution is 2.61. The number of nitrogens with zero attached hydrogens (tertiary/aromatic N) is 5. The zero-order valence-electron chi connectivity index (χ0n) is 24.6. The van der Waals surface area contributed by atoms with Crippen molar-refractivity contribution in [1.82, 2.24) is 9.55 Å². The Morgan fingerprint density at radius 2 is 1.67 bits per heavy atom. The molecule has 4 aliphatic heterocycles. The van der Waals surface area contributed by atoms with E-state index in [1.807, 2.05) is 0 Å². The molecule has 11 N–H and O–H groups in total. The maximum atomic E-state index is 12.6. The molecule has 2 aromatic rings. The van der Waals surface area contributed by atoms with E-state index in [-0.39, 0.29) is 23.3 Å². The van der Waals surface area contributed by atoms with Crippen molar-refractivity contribution in [2.45, 2.75) is 55.2 Å². The summed E-state index contributed by atoms with van der Waals surface area (Å²) in [4.78, 5) is 60.8. The molecule has 49 heavy (non-hydrogen) atoms. The van der Waals surface area contributed by atoms with Gasteiger partial charge in [0.1, 0.15) is 53.8 Å². The lowest BCUT2D eigenvalue weighted by Crippen LogP contribution is -2.46. The minimum absolute atomic E-state index is 0.0468. The third-order valence-corrected chi connectivity index (χ3v) is 10.9. The van der Waals surface area contributed by atoms with Crippen molar-refractivity contribution in [3.05, 3.63) is 42.1 Å². The van der Waals surface area contributed by atoms with Crippen LogP contribution in [0.4, 0.5) is 5.82 Å². The van der Waals surface area contributed by atoms with Gasteiger partial charge in [0.15, 0.2) is 30.6 Å². The van der Waals surface area contributed by atoms with Crippen molar-refractivity contribution < 1.29 is 85.3 Å². The van der Waals surface area contributed by atoms with E-state index in [0.29, 0.717) is 12.4 Å². The Bertz CT molecular complexity index is 1790. The summed E-state index contributed by atoms with van der Waals surface area (Å²) in [6, 6.07) is 2.80. The Hall–Kier alpha value is -2.73. The molecule has 0 radical (unpaired) electrons. The number of amidine groups is 1. The predicted octanol–water partition coefficient (Wildman–Crippen LogP) is -3.56. The van der Waals surface area contributed by atoms with Gasteiger partial charge in [0, 0.05) is 6.07 Å². The fourth-order valence-corrected chi connectivity index (χ4v) is 8.11. The molecule has 27 heteroatoms. The average Bonchev–Trinajstić information content (AvgIpc) is 3.38. The lowest BCUT2D eigenvalue weighted by Gasteiger charge is -2.24. The summed E-state index contributed by atoms with van der Waals surface area (Å²) in [6.45, 7) is -1.55. The summed E-state index contributed by atoms with van der Waals surface area (Å²) in [5.74, 6) is -0.351. The number of nitrogens with two attached hydrogens (primary N) is 2. The number of primary amides is 1. The first kappa shape index (κ1) is 36.1. The summed E-state index contributed by atoms with van der Waals surface area (Å²) in [5, 5.41) is 31.7. The highest BCUT2D eigenvalue weighted by molar-refractivity contribution is 7.61. The first-order valence-electron chi connectivity index (χ1n) is 14.1. The number of hydrogen-bond acceptors (Lipinski definition) is 17. The Kier molecular flexibility index (Phi) is 9.65. The first-order valence-corrected chi connectivity index (χ1v) is 18.6. The highest BCUT2D eigenvalue weighted by atomic mass is 31.3. The summed E-state index contributed by atoms with van der Waals surface area (Å²) < 4.78 is 69.1. The number of rotatable bonds is 13. The number of phosphoric acid groups is 3. The molecular weight excluding hydrogens is 727 g/mol. The molecule has 24 nitrogen and oxygen atoms in total. The quantitative estimate of drug-likeness (QED) is 0.0542. The number of fused-ring (bicyclic) bond motifs is 3. The van der Waals surface area contributed by atoms with E-state index in [2.05, 4.69) is 14.3 Å². The number of phosphoric ester groups is 3. The van der Waals surface area contributed by atoms with Crippen LogP contribution in [0, 0.1) is 0 Å². The number of imidazole rings is 1. The Morgan fingerprint density at radius 1 is 1.02 bits per heavy atom. The molecule has 0 aromatic carbocycles. The SMILES string of the molecule is NC(=O)c1ccc[n+]([C@@H]2O[C@H](COP(=O)(O)OP(=O)(O)OC[C@H]3O[C@@H](n4cnc5c4N4C[C@H]4N=C5N)[C@H](OP(=O)(O)O)[C@@H]3O)[C@@H](O)[C@H]2O)c1. The molecule has 11 atom stereocenters. The average molecular weight is 758 g/mol. The molecule has 0 aliphatic carbocycles. The van der Waals surface area contributed by atoms with Gasteiger partial charge >= 0.3 is 23.5 Å². The van der Waals surface area contributed by atoms with Crippen molar-refractivity contribution in [3.63, 3.8) is 0 Å². The zero-order chi connectivity index (χ0) is 35.6. The van der Waals surface area contributed by atoms with E-state index in [0.717, 1.165) is 0 Å². The van der Waals surface area contributed by atoms with Crippen LogP contribution >= 0.6 is 23.5 Å². The number of aliphatic hydroxyl groups excluding tert-OH is 3. The third kappa shape index (κ3) is 7.65. The molecule has 0 spiro atoms. The van der Waals surface area contributed by atoms with Gasteiger partial charge in [-0.1, -0.05) is 0 Å². The summed E-state index contributed by atoms with van der Waals surface area (Å²) in [5.41, 5.74) is 11.5. The number of carbonyl (C=O) groups is 1. The lowest BCUT2D eigenvalue weighted by atomic mass is 10.1. The minimum atomic E-state index is -5.51. The largest absolute Gasteiger partial charge is 0.481 e. The number of aliphatic imine (C=N–C) groups is 1. The molecule has 1 amide bonds. The monoisotopic (exact) mass is 758 g/mol. The topological polar surface area (TPSA) is 354 Å². The van der Waals surface area contributed by atoms with Crippen LogP contribution in [0.3, 0.4) is 0 Å². The number of aromatic nitrogens is 3. The number of pyridine rings is 1. The third-order valence-electron chi connectivity index (χ3n) is 7.75. The highest BCUT2D eigenvalue weighted by Gasteiger charge is 2.53. The number of amides is 1. The van der Waals surface area contributed by atoms with Crippen molar-refractivity contribution in [2.24, 2.45) is 16.5 Å². The van der Waals surface area contributed by atoms with Crippen molar-refractivity contribution in [3.8, 4) is 0 Å². The molecule has 0 bridgehead atoms. The summed E-state index contributed by atoms with van der Waals surface area (Å²) in [7, 11) is -16.2. The standard InChI is InChI=1S/C22H30N7O17P3/c23-18-13-20(28-5-12(28)26-18)29(8-25-13)22-17(45-47(34,35)36)15(31)11(44-22)7-42-49(39,40)46-48(37,38)41-6-10-14(30)16(32)21(43-10)27-3-1-2-9(4-27)19(24)33/h1-4,8,10-12,14-17,21-22,30-32H,5-7H2,(H7-,23,24,26,33,34,35,36,37,38,39,40)/p+1/t10-,11-,12+,14-,15-,16-,17-,21-,22-,28?/m1/s1. The van der Waals surface area contributed by atoms with Gasteiger partial charge < -0.3 is 60.7 Å². The van der Waals surface area contributed by atoms with Crippen LogP contribution in [0.25, 0.3) is 0 Å². The van der Waals surface area contributed by atoms with Crippen molar-refractivity contribution >= 4 is 41.0 Å². The first-order chi connectivity index (χ1) is 22.8. The van der Waals surface area contributed by atoms with Crippen LogP contribution in [0.1, 0.15) is 28.5 Å². The minimum Gasteiger partial charge on any atom is -0.387 e. The van der Waals surface area contributed by atoms with Crippen LogP contribution in [0.2, 0.25) is 0 Å². The van der Waals surface area contributed by atoms with E-state index in [1.54, 1.807) is 4.90 Å². The maximum Gasteiger partial charge on any atom is 0.481 e. The summed E-state index contributed by atoms with van der Waals surface area (Å²) >= 11 is 0. The molecule has 6 rings (SSSR count). The predicted molar refractivity (Wildman–Crippen MR) is 155 cm³/mol. The molecule has 3 saturated heterocycles. The zero-order valence-corrected chi connectivity index (χ0v) is 27.3. The van der Waals surface area contributed by atoms with Gasteiger partial charge in [-0.05, 0) is 6.07 Å².